The summed E-state index contributed by atoms with van der Waals surface area (Å²) in [5, 5.41) is 51.3. The topological polar surface area (TPSA) is 181 Å². The second kappa shape index (κ2) is 11.4. The highest BCUT2D eigenvalue weighted by Gasteiger charge is 2.48. The number of rotatable bonds is 7. The van der Waals surface area contributed by atoms with E-state index in [1.54, 1.807) is 0 Å². The standard InChI is InChI=1S/C20H19F3N6O5S/c1-33-13-4-15(29-28-11(13)5-24)35-20-19(32)17(18(31)14(7-30)34-20)26-6-12(27-25)8-2-9(21)16(23)10(22)3-8/h2-4,6,14,17-20,30-32H,7,25H2,1H3/p+1/t14?,17?,18-,19?,20+/m0/s1. The molecule has 15 heteroatoms. The van der Waals surface area contributed by atoms with Crippen LogP contribution in [0.2, 0.25) is 0 Å². The number of nitrogens with two attached hydrogens (primary N) is 1. The number of aliphatic hydroxyl groups is 3. The summed E-state index contributed by atoms with van der Waals surface area (Å²) in [4.78, 5) is 2.66. The smallest absolute Gasteiger partial charge is 0.208 e. The molecule has 1 saturated heterocycles. The normalized spacial score (nSPS) is 25.0. The molecule has 1 aromatic carbocycles. The van der Waals surface area contributed by atoms with Crippen LogP contribution in [-0.2, 0) is 4.74 Å². The number of methoxy groups -OCH3 is 1. The van der Waals surface area contributed by atoms with Gasteiger partial charge in [0.2, 0.25) is 11.7 Å². The Bertz CT molecular complexity index is 1160. The Hall–Kier alpha value is -3.29. The number of benzene rings is 1. The van der Waals surface area contributed by atoms with Gasteiger partial charge < -0.3 is 30.6 Å². The third kappa shape index (κ3) is 5.69. The van der Waals surface area contributed by atoms with E-state index in [2.05, 4.69) is 20.3 Å². The molecule has 186 valence electrons. The first kappa shape index (κ1) is 26.3. The molecule has 0 radical (unpaired) electrons. The fourth-order valence-electron chi connectivity index (χ4n) is 3.22. The van der Waals surface area contributed by atoms with Crippen LogP contribution in [-0.4, -0.2) is 80.9 Å². The van der Waals surface area contributed by atoms with Gasteiger partial charge in [-0.05, 0) is 12.1 Å². The van der Waals surface area contributed by atoms with Gasteiger partial charge in [0.25, 0.3) is 0 Å². The molecule has 3 unspecified atom stereocenters. The van der Waals surface area contributed by atoms with E-state index in [1.165, 1.54) is 13.2 Å². The van der Waals surface area contributed by atoms with Crippen LogP contribution < -0.4 is 15.6 Å². The number of thioether (sulfide) groups is 1. The molecule has 3 rings (SSSR count). The minimum absolute atomic E-state index is 0.0537. The zero-order chi connectivity index (χ0) is 25.7. The van der Waals surface area contributed by atoms with Crippen molar-refractivity contribution in [3.63, 3.8) is 0 Å². The summed E-state index contributed by atoms with van der Waals surface area (Å²) >= 11 is 0.881. The van der Waals surface area contributed by atoms with E-state index in [4.69, 9.17) is 20.6 Å². The number of aromatic nitrogens is 2. The number of hydrogen-bond donors (Lipinski definition) is 5. The van der Waals surface area contributed by atoms with Crippen LogP contribution in [0, 0.1) is 28.8 Å². The van der Waals surface area contributed by atoms with Crippen LogP contribution >= 0.6 is 11.8 Å². The molecule has 6 N–H and O–H groups in total. The maximum absolute atomic E-state index is 13.6. The lowest BCUT2D eigenvalue weighted by Gasteiger charge is -2.37. The number of hydrazone groups is 1. The van der Waals surface area contributed by atoms with E-state index < -0.39 is 53.8 Å². The summed E-state index contributed by atoms with van der Waals surface area (Å²) in [7, 11) is 1.33. The fourth-order valence-corrected chi connectivity index (χ4v) is 4.23. The Balaban J connectivity index is 1.87. The van der Waals surface area contributed by atoms with Crippen molar-refractivity contribution in [2.75, 3.05) is 13.7 Å². The number of ether oxygens (including phenoxy) is 2. The molecule has 11 nitrogen and oxygen atoms in total. The van der Waals surface area contributed by atoms with Crippen molar-refractivity contribution >= 4 is 23.7 Å². The highest BCUT2D eigenvalue weighted by Crippen LogP contribution is 2.33. The second-order valence-corrected chi connectivity index (χ2v) is 8.26. The lowest BCUT2D eigenvalue weighted by molar-refractivity contribution is -0.537. The fraction of sp³-hybridized carbons (Fsp3) is 0.350. The minimum Gasteiger partial charge on any atom is -0.494 e. The molecule has 1 aliphatic heterocycles. The minimum atomic E-state index is -1.67. The van der Waals surface area contributed by atoms with Gasteiger partial charge in [-0.25, -0.2) is 18.2 Å². The molecule has 5 atom stereocenters. The van der Waals surface area contributed by atoms with Crippen LogP contribution in [0.3, 0.4) is 0 Å². The van der Waals surface area contributed by atoms with E-state index >= 15 is 0 Å². The van der Waals surface area contributed by atoms with E-state index in [9.17, 15) is 28.5 Å². The van der Waals surface area contributed by atoms with Crippen molar-refractivity contribution in [3.05, 3.63) is 46.9 Å². The maximum atomic E-state index is 13.6. The molecule has 2 aromatic rings. The average Bonchev–Trinajstić information content (AvgIpc) is 2.85. The molecular weight excluding hydrogens is 493 g/mol. The molecule has 0 saturated carbocycles. The van der Waals surface area contributed by atoms with Crippen molar-refractivity contribution in [2.24, 2.45) is 10.9 Å². The number of nitriles is 1. The number of hydrogen-bond acceptors (Lipinski definition) is 11. The highest BCUT2D eigenvalue weighted by molar-refractivity contribution is 7.99. The van der Waals surface area contributed by atoms with E-state index in [-0.39, 0.29) is 27.7 Å². The maximum Gasteiger partial charge on any atom is 0.208 e. The Morgan fingerprint density at radius 1 is 1.29 bits per heavy atom. The van der Waals surface area contributed by atoms with Gasteiger partial charge in [-0.1, -0.05) is 11.8 Å². The SMILES string of the molecule is COc1cc(S[C@H]2OC(CO)[C@H](O)C([NH+]=CC(=NN)c3cc(F)c(F)c(F)c3)C2O)nnc1C#N. The van der Waals surface area contributed by atoms with Crippen LogP contribution in [0.25, 0.3) is 0 Å². The van der Waals surface area contributed by atoms with Crippen molar-refractivity contribution in [1.82, 2.24) is 10.2 Å². The number of nitrogens with one attached hydrogen (secondary N) is 1. The predicted molar refractivity (Wildman–Crippen MR) is 115 cm³/mol. The Labute approximate surface area is 200 Å². The molecule has 0 aliphatic carbocycles. The third-order valence-corrected chi connectivity index (χ3v) is 6.08. The van der Waals surface area contributed by atoms with Crippen molar-refractivity contribution < 1.29 is 43.0 Å². The summed E-state index contributed by atoms with van der Waals surface area (Å²) in [6.45, 7) is -0.613. The Morgan fingerprint density at radius 2 is 1.97 bits per heavy atom. The molecule has 0 amide bonds. The highest BCUT2D eigenvalue weighted by atomic mass is 32.2. The van der Waals surface area contributed by atoms with Gasteiger partial charge in [-0.2, -0.15) is 10.4 Å². The molecule has 2 heterocycles. The number of aliphatic hydroxyl groups excluding tert-OH is 3. The summed E-state index contributed by atoms with van der Waals surface area (Å²) in [6.07, 6.45) is -2.95. The zero-order valence-corrected chi connectivity index (χ0v) is 18.8. The second-order valence-electron chi connectivity index (χ2n) is 7.14. The first-order chi connectivity index (χ1) is 16.7. The number of nitrogens with zero attached hydrogens (tertiary/aromatic N) is 4. The summed E-state index contributed by atoms with van der Waals surface area (Å²) in [5.74, 6) is 0.846. The van der Waals surface area contributed by atoms with Crippen molar-refractivity contribution in [1.29, 1.82) is 5.26 Å². The van der Waals surface area contributed by atoms with E-state index in [0.29, 0.717) is 12.1 Å². The Morgan fingerprint density at radius 3 is 2.54 bits per heavy atom. The van der Waals surface area contributed by atoms with Gasteiger partial charge >= 0.3 is 0 Å². The molecular formula is C20H20F3N6O5S+. The summed E-state index contributed by atoms with van der Waals surface area (Å²) in [5.41, 5.74) is -1.58. The van der Waals surface area contributed by atoms with Gasteiger partial charge in [0.05, 0.1) is 13.7 Å². The largest absolute Gasteiger partial charge is 0.494 e. The average molecular weight is 513 g/mol. The van der Waals surface area contributed by atoms with Gasteiger partial charge in [-0.15, -0.1) is 10.2 Å². The quantitative estimate of drug-likeness (QED) is 0.122. The molecule has 0 bridgehead atoms. The van der Waals surface area contributed by atoms with Gasteiger partial charge in [0, 0.05) is 11.6 Å². The molecule has 1 fully saturated rings. The molecule has 1 aliphatic rings. The first-order valence-corrected chi connectivity index (χ1v) is 10.7. The van der Waals surface area contributed by atoms with Crippen LogP contribution in [0.1, 0.15) is 11.3 Å². The summed E-state index contributed by atoms with van der Waals surface area (Å²) < 4.78 is 51.1. The van der Waals surface area contributed by atoms with Crippen LogP contribution in [0.4, 0.5) is 13.2 Å². The van der Waals surface area contributed by atoms with Gasteiger partial charge in [0.15, 0.2) is 41.2 Å². The lowest BCUT2D eigenvalue weighted by atomic mass is 9.98. The van der Waals surface area contributed by atoms with Crippen molar-refractivity contribution in [3.8, 4) is 11.8 Å². The van der Waals surface area contributed by atoms with Crippen LogP contribution in [0.5, 0.6) is 5.75 Å². The zero-order valence-electron chi connectivity index (χ0n) is 18.0. The molecule has 0 spiro atoms. The predicted octanol–water partition coefficient (Wildman–Crippen LogP) is -1.81. The van der Waals surface area contributed by atoms with Crippen molar-refractivity contribution in [2.45, 2.75) is 34.8 Å². The van der Waals surface area contributed by atoms with Crippen LogP contribution in [0.15, 0.2) is 28.3 Å². The summed E-state index contributed by atoms with van der Waals surface area (Å²) in [6, 6.07) is 3.37. The first-order valence-electron chi connectivity index (χ1n) is 9.87. The van der Waals surface area contributed by atoms with E-state index in [1.807, 2.05) is 6.07 Å². The monoisotopic (exact) mass is 513 g/mol. The molecule has 1 aromatic heterocycles. The number of halogens is 3. The molecule has 35 heavy (non-hydrogen) atoms. The third-order valence-electron chi connectivity index (χ3n) is 5.01. The lowest BCUT2D eigenvalue weighted by Crippen LogP contribution is -2.87. The Kier molecular flexibility index (Phi) is 8.59. The van der Waals surface area contributed by atoms with E-state index in [0.717, 1.165) is 18.0 Å². The van der Waals surface area contributed by atoms with Gasteiger partial charge in [-0.3, -0.25) is 0 Å². The van der Waals surface area contributed by atoms with Gasteiger partial charge in [0.1, 0.15) is 28.7 Å².